The van der Waals surface area contributed by atoms with Crippen LogP contribution >= 0.6 is 0 Å². The molecule has 3 heterocycles. The molecule has 1 saturated heterocycles. The number of aromatic nitrogens is 2. The highest BCUT2D eigenvalue weighted by Gasteiger charge is 2.22. The summed E-state index contributed by atoms with van der Waals surface area (Å²) >= 11 is 0. The number of anilines is 1. The first-order valence-corrected chi connectivity index (χ1v) is 9.72. The smallest absolute Gasteiger partial charge is 0.189 e. The maximum atomic E-state index is 14.4. The molecule has 0 aliphatic carbocycles. The fourth-order valence-electron chi connectivity index (χ4n) is 3.92. The zero-order valence-electron chi connectivity index (χ0n) is 16.5. The van der Waals surface area contributed by atoms with E-state index in [1.165, 1.54) is 6.21 Å². The van der Waals surface area contributed by atoms with Gasteiger partial charge in [0, 0.05) is 42.0 Å². The molecule has 6 nitrogen and oxygen atoms in total. The number of fused-ring (bicyclic) bond motifs is 1. The lowest BCUT2D eigenvalue weighted by atomic mass is 9.90. The van der Waals surface area contributed by atoms with Gasteiger partial charge in [-0.05, 0) is 56.6 Å². The number of phenolic OH excluding ortho intramolecular Hbond substituents is 1. The molecule has 1 fully saturated rings. The fraction of sp³-hybridized carbons (Fsp3) is 0.318. The minimum atomic E-state index is -0.868. The van der Waals surface area contributed by atoms with Crippen LogP contribution in [0.1, 0.15) is 36.9 Å². The van der Waals surface area contributed by atoms with Crippen LogP contribution in [0.4, 0.5) is 10.1 Å². The normalized spacial score (nSPS) is 19.8. The summed E-state index contributed by atoms with van der Waals surface area (Å²) in [7, 11) is 1.57. The van der Waals surface area contributed by atoms with Crippen LogP contribution in [0.25, 0.3) is 22.3 Å². The van der Waals surface area contributed by atoms with Crippen molar-refractivity contribution in [2.75, 3.05) is 19.3 Å². The van der Waals surface area contributed by atoms with Crippen LogP contribution in [-0.2, 0) is 0 Å². The quantitative estimate of drug-likeness (QED) is 0.466. The predicted molar refractivity (Wildman–Crippen MR) is 114 cm³/mol. The summed E-state index contributed by atoms with van der Waals surface area (Å²) in [6, 6.07) is 9.62. The van der Waals surface area contributed by atoms with E-state index in [4.69, 9.17) is 10.7 Å². The van der Waals surface area contributed by atoms with Gasteiger partial charge in [0.25, 0.3) is 0 Å². The molecule has 4 rings (SSSR count). The van der Waals surface area contributed by atoms with Gasteiger partial charge in [0.05, 0.1) is 22.4 Å². The molecule has 0 spiro atoms. The van der Waals surface area contributed by atoms with Crippen LogP contribution in [0.15, 0.2) is 35.3 Å². The first-order valence-electron chi connectivity index (χ1n) is 9.72. The first kappa shape index (κ1) is 19.3. The number of phenols is 1. The number of nitrogen functional groups attached to an aromatic ring is 1. The number of rotatable bonds is 3. The number of aliphatic imine (C=N–C) groups is 1. The zero-order valence-corrected chi connectivity index (χ0v) is 16.5. The summed E-state index contributed by atoms with van der Waals surface area (Å²) in [4.78, 5) is 13.3. The van der Waals surface area contributed by atoms with Gasteiger partial charge in [-0.2, -0.15) is 0 Å². The summed E-state index contributed by atoms with van der Waals surface area (Å²) in [5, 5.41) is 13.7. The molecule has 29 heavy (non-hydrogen) atoms. The average Bonchev–Trinajstić information content (AvgIpc) is 2.73. The summed E-state index contributed by atoms with van der Waals surface area (Å²) in [6.07, 6.45) is 3.58. The molecule has 4 N–H and O–H groups in total. The van der Waals surface area contributed by atoms with Crippen molar-refractivity contribution in [3.05, 3.63) is 47.4 Å². The van der Waals surface area contributed by atoms with Crippen molar-refractivity contribution in [2.24, 2.45) is 4.99 Å². The van der Waals surface area contributed by atoms with Crippen molar-refractivity contribution in [1.82, 2.24) is 15.3 Å². The van der Waals surface area contributed by atoms with Crippen LogP contribution in [-0.4, -0.2) is 40.9 Å². The van der Waals surface area contributed by atoms with E-state index in [0.717, 1.165) is 30.6 Å². The summed E-state index contributed by atoms with van der Waals surface area (Å²) in [5.41, 5.74) is 9.26. The molecule has 2 aromatic heterocycles. The molecule has 1 aromatic carbocycles. The van der Waals surface area contributed by atoms with Crippen LogP contribution in [0.2, 0.25) is 0 Å². The number of piperidine rings is 1. The van der Waals surface area contributed by atoms with E-state index in [2.05, 4.69) is 22.2 Å². The molecule has 1 aliphatic rings. The van der Waals surface area contributed by atoms with E-state index < -0.39 is 11.6 Å². The van der Waals surface area contributed by atoms with Crippen molar-refractivity contribution in [2.45, 2.75) is 31.7 Å². The van der Waals surface area contributed by atoms with Crippen molar-refractivity contribution < 1.29 is 9.50 Å². The Balaban J connectivity index is 1.74. The third-order valence-corrected chi connectivity index (χ3v) is 5.46. The first-order chi connectivity index (χ1) is 14.0. The van der Waals surface area contributed by atoms with Crippen LogP contribution < -0.4 is 11.1 Å². The fourth-order valence-corrected chi connectivity index (χ4v) is 3.92. The zero-order chi connectivity index (χ0) is 20.5. The molecule has 3 aromatic rings. The van der Waals surface area contributed by atoms with E-state index in [1.54, 1.807) is 19.2 Å². The predicted octanol–water partition coefficient (Wildman–Crippen LogP) is 3.63. The molecule has 2 atom stereocenters. The Bertz CT molecular complexity index is 1100. The maximum Gasteiger partial charge on any atom is 0.189 e. The number of hydrogen-bond acceptors (Lipinski definition) is 6. The van der Waals surface area contributed by atoms with E-state index >= 15 is 0 Å². The molecule has 0 radical (unpaired) electrons. The van der Waals surface area contributed by atoms with E-state index in [-0.39, 0.29) is 11.3 Å². The number of benzene rings is 1. The molecular formula is C22H24FN5O. The summed E-state index contributed by atoms with van der Waals surface area (Å²) in [5.74, 6) is -0.954. The van der Waals surface area contributed by atoms with Gasteiger partial charge >= 0.3 is 0 Å². The van der Waals surface area contributed by atoms with Gasteiger partial charge in [0.15, 0.2) is 11.6 Å². The van der Waals surface area contributed by atoms with E-state index in [1.807, 2.05) is 18.2 Å². The number of pyridine rings is 2. The molecular weight excluding hydrogens is 369 g/mol. The number of halogens is 1. The largest absolute Gasteiger partial charge is 0.504 e. The second kappa shape index (κ2) is 7.75. The lowest BCUT2D eigenvalue weighted by Crippen LogP contribution is -2.35. The van der Waals surface area contributed by atoms with Gasteiger partial charge in [0.1, 0.15) is 0 Å². The molecule has 2 unspecified atom stereocenters. The highest BCUT2D eigenvalue weighted by atomic mass is 19.1. The molecule has 1 aliphatic heterocycles. The monoisotopic (exact) mass is 393 g/mol. The SMILES string of the molecule is CN=Cc1cc(-c2ccc3nc(C4CCNC(C)C4)ccc3n2)c(O)c(F)c1N. The molecule has 0 amide bonds. The lowest BCUT2D eigenvalue weighted by Gasteiger charge is -2.27. The minimum Gasteiger partial charge on any atom is -0.504 e. The third-order valence-electron chi connectivity index (χ3n) is 5.46. The van der Waals surface area contributed by atoms with Crippen LogP contribution in [0.3, 0.4) is 0 Å². The second-order valence-corrected chi connectivity index (χ2v) is 7.52. The standard InChI is InChI=1S/C22H24FN5O/c1-12-9-13(7-8-26-12)16-3-5-19-18(27-16)6-4-17(28-19)15-10-14(11-25-2)21(24)20(23)22(15)29/h3-6,10-13,26,29H,7-9,24H2,1-2H3. The van der Waals surface area contributed by atoms with E-state index in [9.17, 15) is 9.50 Å². The Morgan fingerprint density at radius 2 is 2.00 bits per heavy atom. The molecule has 7 heteroatoms. The Morgan fingerprint density at radius 1 is 1.24 bits per heavy atom. The van der Waals surface area contributed by atoms with Gasteiger partial charge < -0.3 is 16.2 Å². The Kier molecular flexibility index (Phi) is 5.15. The van der Waals surface area contributed by atoms with E-state index in [0.29, 0.717) is 28.7 Å². The Labute approximate surface area is 168 Å². The maximum absolute atomic E-state index is 14.4. The molecule has 150 valence electrons. The topological polar surface area (TPSA) is 96.4 Å². The summed E-state index contributed by atoms with van der Waals surface area (Å²) < 4.78 is 14.4. The molecule has 0 saturated carbocycles. The summed E-state index contributed by atoms with van der Waals surface area (Å²) in [6.45, 7) is 3.19. The number of nitrogens with zero attached hydrogens (tertiary/aromatic N) is 3. The minimum absolute atomic E-state index is 0.139. The Hall–Kier alpha value is -3.06. The van der Waals surface area contributed by atoms with Crippen LogP contribution in [0.5, 0.6) is 5.75 Å². The third kappa shape index (κ3) is 3.65. The number of nitrogens with one attached hydrogen (secondary N) is 1. The second-order valence-electron chi connectivity index (χ2n) is 7.52. The van der Waals surface area contributed by atoms with Gasteiger partial charge in [-0.25, -0.2) is 9.37 Å². The lowest BCUT2D eigenvalue weighted by molar-refractivity contribution is 0.377. The molecule has 0 bridgehead atoms. The van der Waals surface area contributed by atoms with Crippen LogP contribution in [0, 0.1) is 5.82 Å². The van der Waals surface area contributed by atoms with Gasteiger partial charge in [-0.1, -0.05) is 0 Å². The van der Waals surface area contributed by atoms with Gasteiger partial charge in [0.2, 0.25) is 0 Å². The van der Waals surface area contributed by atoms with Crippen molar-refractivity contribution >= 4 is 22.9 Å². The number of hydrogen-bond donors (Lipinski definition) is 3. The number of nitrogens with two attached hydrogens (primary N) is 1. The number of aromatic hydroxyl groups is 1. The van der Waals surface area contributed by atoms with Crippen molar-refractivity contribution in [3.63, 3.8) is 0 Å². The average molecular weight is 393 g/mol. The highest BCUT2D eigenvalue weighted by Crippen LogP contribution is 2.36. The van der Waals surface area contributed by atoms with Gasteiger partial charge in [-0.15, -0.1) is 0 Å². The highest BCUT2D eigenvalue weighted by molar-refractivity contribution is 5.91. The Morgan fingerprint density at radius 3 is 2.76 bits per heavy atom. The van der Waals surface area contributed by atoms with Crippen molar-refractivity contribution in [1.29, 1.82) is 0 Å². The van der Waals surface area contributed by atoms with Gasteiger partial charge in [-0.3, -0.25) is 9.98 Å². The van der Waals surface area contributed by atoms with Crippen molar-refractivity contribution in [3.8, 4) is 17.0 Å².